The van der Waals surface area contributed by atoms with E-state index in [-0.39, 0.29) is 10.6 Å². The van der Waals surface area contributed by atoms with Crippen molar-refractivity contribution in [3.63, 3.8) is 0 Å². The van der Waals surface area contributed by atoms with Gasteiger partial charge in [0.15, 0.2) is 4.90 Å². The Bertz CT molecular complexity index is 627. The lowest BCUT2D eigenvalue weighted by Crippen LogP contribution is -2.29. The topological polar surface area (TPSA) is 119 Å². The second kappa shape index (κ2) is 5.35. The maximum atomic E-state index is 12.4. The summed E-state index contributed by atoms with van der Waals surface area (Å²) in [6.45, 7) is 0.385. The van der Waals surface area contributed by atoms with Gasteiger partial charge in [-0.3, -0.25) is 16.0 Å². The highest BCUT2D eigenvalue weighted by molar-refractivity contribution is 7.89. The van der Waals surface area contributed by atoms with Gasteiger partial charge in [-0.15, -0.1) is 0 Å². The minimum absolute atomic E-state index is 0.278. The number of sulfonamides is 1. The van der Waals surface area contributed by atoms with Crippen molar-refractivity contribution in [3.05, 3.63) is 28.3 Å². The number of nitrogens with one attached hydrogen (secondary N) is 1. The number of hydrazine groups is 1. The van der Waals surface area contributed by atoms with Crippen molar-refractivity contribution < 1.29 is 13.3 Å². The fraction of sp³-hybridized carbons (Fsp3) is 0.455. The van der Waals surface area contributed by atoms with E-state index >= 15 is 0 Å². The van der Waals surface area contributed by atoms with Gasteiger partial charge in [-0.05, 0) is 30.9 Å². The van der Waals surface area contributed by atoms with Gasteiger partial charge in [0.2, 0.25) is 10.0 Å². The Labute approximate surface area is 116 Å². The van der Waals surface area contributed by atoms with E-state index in [1.807, 2.05) is 0 Å². The maximum absolute atomic E-state index is 12.4. The number of hydrogen-bond donors (Lipinski definition) is 2. The van der Waals surface area contributed by atoms with Crippen LogP contribution in [0.3, 0.4) is 0 Å². The van der Waals surface area contributed by atoms with Gasteiger partial charge in [0.05, 0.1) is 10.6 Å². The molecule has 1 aromatic rings. The molecule has 0 atom stereocenters. The number of nitrogen functional groups attached to an aromatic ring is 1. The summed E-state index contributed by atoms with van der Waals surface area (Å²) in [6.07, 6.45) is 2.00. The molecule has 110 valence electrons. The van der Waals surface area contributed by atoms with E-state index in [9.17, 15) is 18.5 Å². The maximum Gasteiger partial charge on any atom is 0.291 e. The smallest absolute Gasteiger partial charge is 0.291 e. The van der Waals surface area contributed by atoms with Crippen molar-refractivity contribution in [2.75, 3.05) is 19.0 Å². The third kappa shape index (κ3) is 2.89. The highest BCUT2D eigenvalue weighted by atomic mass is 32.2. The van der Waals surface area contributed by atoms with Gasteiger partial charge in [0.25, 0.3) is 5.69 Å². The first kappa shape index (κ1) is 14.7. The molecular formula is C11H16N4O4S. The molecular weight excluding hydrogens is 284 g/mol. The van der Waals surface area contributed by atoms with E-state index in [4.69, 9.17) is 5.84 Å². The van der Waals surface area contributed by atoms with E-state index in [0.29, 0.717) is 12.5 Å². The summed E-state index contributed by atoms with van der Waals surface area (Å²) < 4.78 is 25.9. The summed E-state index contributed by atoms with van der Waals surface area (Å²) in [5, 5.41) is 11.0. The van der Waals surface area contributed by atoms with Crippen LogP contribution in [0.2, 0.25) is 0 Å². The molecule has 0 aromatic heterocycles. The largest absolute Gasteiger partial charge is 0.324 e. The summed E-state index contributed by atoms with van der Waals surface area (Å²) in [7, 11) is -2.43. The van der Waals surface area contributed by atoms with Crippen LogP contribution in [0.1, 0.15) is 12.8 Å². The fourth-order valence-electron chi connectivity index (χ4n) is 1.90. The zero-order valence-electron chi connectivity index (χ0n) is 10.9. The Kier molecular flexibility index (Phi) is 3.93. The SMILES string of the molecule is CN(CC1CC1)S(=O)(=O)c1ccc(NN)cc1[N+](=O)[O-]. The minimum Gasteiger partial charge on any atom is -0.324 e. The molecule has 0 saturated heterocycles. The Morgan fingerprint density at radius 3 is 2.65 bits per heavy atom. The lowest BCUT2D eigenvalue weighted by Gasteiger charge is -2.17. The number of nitro groups is 1. The molecule has 0 aliphatic heterocycles. The first-order chi connectivity index (χ1) is 9.36. The van der Waals surface area contributed by atoms with E-state index < -0.39 is 20.6 Å². The molecule has 0 bridgehead atoms. The van der Waals surface area contributed by atoms with Gasteiger partial charge < -0.3 is 5.43 Å². The van der Waals surface area contributed by atoms with Gasteiger partial charge >= 0.3 is 0 Å². The Morgan fingerprint density at radius 2 is 2.15 bits per heavy atom. The molecule has 1 fully saturated rings. The Balaban J connectivity index is 2.41. The number of nitrogens with zero attached hydrogens (tertiary/aromatic N) is 2. The average Bonchev–Trinajstić information content (AvgIpc) is 3.21. The predicted octanol–water partition coefficient (Wildman–Crippen LogP) is 0.911. The lowest BCUT2D eigenvalue weighted by atomic mass is 10.3. The number of anilines is 1. The first-order valence-corrected chi connectivity index (χ1v) is 7.51. The summed E-state index contributed by atoms with van der Waals surface area (Å²) >= 11 is 0. The number of nitrogens with two attached hydrogens (primary N) is 1. The zero-order chi connectivity index (χ0) is 14.9. The molecule has 0 spiro atoms. The lowest BCUT2D eigenvalue weighted by molar-refractivity contribution is -0.387. The van der Waals surface area contributed by atoms with Crippen LogP contribution in [0.4, 0.5) is 11.4 Å². The van der Waals surface area contributed by atoms with Gasteiger partial charge in [0.1, 0.15) is 0 Å². The molecule has 0 radical (unpaired) electrons. The van der Waals surface area contributed by atoms with E-state index in [2.05, 4.69) is 5.43 Å². The van der Waals surface area contributed by atoms with Crippen molar-refractivity contribution in [2.45, 2.75) is 17.7 Å². The molecule has 1 saturated carbocycles. The van der Waals surface area contributed by atoms with Gasteiger partial charge in [-0.2, -0.15) is 0 Å². The van der Waals surface area contributed by atoms with Crippen LogP contribution in [0.25, 0.3) is 0 Å². The second-order valence-electron chi connectivity index (χ2n) is 4.81. The Hall–Kier alpha value is -1.71. The molecule has 9 heteroatoms. The molecule has 1 aromatic carbocycles. The standard InChI is InChI=1S/C11H16N4O4S/c1-14(7-8-2-3-8)20(18,19)11-5-4-9(13-12)6-10(11)15(16)17/h4-6,8,13H,2-3,7,12H2,1H3. The van der Waals surface area contributed by atoms with Crippen LogP contribution < -0.4 is 11.3 Å². The van der Waals surface area contributed by atoms with E-state index in [0.717, 1.165) is 18.9 Å². The van der Waals surface area contributed by atoms with E-state index in [1.165, 1.54) is 23.5 Å². The molecule has 1 aliphatic carbocycles. The van der Waals surface area contributed by atoms with Crippen LogP contribution in [0.5, 0.6) is 0 Å². The normalized spacial score (nSPS) is 15.3. The van der Waals surface area contributed by atoms with E-state index in [1.54, 1.807) is 0 Å². The predicted molar refractivity (Wildman–Crippen MR) is 73.4 cm³/mol. The molecule has 1 aliphatic rings. The zero-order valence-corrected chi connectivity index (χ0v) is 11.8. The van der Waals surface area contributed by atoms with Crippen molar-refractivity contribution >= 4 is 21.4 Å². The molecule has 3 N–H and O–H groups in total. The summed E-state index contributed by atoms with van der Waals surface area (Å²) in [5.74, 6) is 5.54. The molecule has 20 heavy (non-hydrogen) atoms. The van der Waals surface area contributed by atoms with Crippen molar-refractivity contribution in [2.24, 2.45) is 11.8 Å². The molecule has 0 amide bonds. The number of nitro benzene ring substituents is 1. The van der Waals surface area contributed by atoms with Gasteiger partial charge in [0, 0.05) is 19.7 Å². The first-order valence-electron chi connectivity index (χ1n) is 6.07. The van der Waals surface area contributed by atoms with Crippen LogP contribution >= 0.6 is 0 Å². The second-order valence-corrected chi connectivity index (χ2v) is 6.83. The molecule has 8 nitrogen and oxygen atoms in total. The molecule has 2 rings (SSSR count). The third-order valence-electron chi connectivity index (χ3n) is 3.22. The van der Waals surface area contributed by atoms with Crippen LogP contribution in [0, 0.1) is 16.0 Å². The Morgan fingerprint density at radius 1 is 1.50 bits per heavy atom. The van der Waals surface area contributed by atoms with Crippen molar-refractivity contribution in [3.8, 4) is 0 Å². The fourth-order valence-corrected chi connectivity index (χ4v) is 3.28. The summed E-state index contributed by atoms with van der Waals surface area (Å²) in [6, 6.07) is 3.70. The van der Waals surface area contributed by atoms with Crippen molar-refractivity contribution in [1.29, 1.82) is 0 Å². The number of rotatable bonds is 6. The van der Waals surface area contributed by atoms with Crippen LogP contribution in [-0.4, -0.2) is 31.2 Å². The van der Waals surface area contributed by atoms with Gasteiger partial charge in [-0.25, -0.2) is 12.7 Å². The number of benzene rings is 1. The quantitative estimate of drug-likeness (QED) is 0.458. The molecule has 0 unspecified atom stereocenters. The number of hydrogen-bond acceptors (Lipinski definition) is 6. The minimum atomic E-state index is -3.87. The monoisotopic (exact) mass is 300 g/mol. The summed E-state index contributed by atoms with van der Waals surface area (Å²) in [5.41, 5.74) is 2.05. The highest BCUT2D eigenvalue weighted by Gasteiger charge is 2.33. The van der Waals surface area contributed by atoms with Crippen LogP contribution in [-0.2, 0) is 10.0 Å². The average molecular weight is 300 g/mol. The van der Waals surface area contributed by atoms with Crippen LogP contribution in [0.15, 0.2) is 23.1 Å². The summed E-state index contributed by atoms with van der Waals surface area (Å²) in [4.78, 5) is 10.0. The van der Waals surface area contributed by atoms with Gasteiger partial charge in [-0.1, -0.05) is 0 Å². The third-order valence-corrected chi connectivity index (χ3v) is 5.09. The van der Waals surface area contributed by atoms with Crippen molar-refractivity contribution in [1.82, 2.24) is 4.31 Å². The highest BCUT2D eigenvalue weighted by Crippen LogP contribution is 2.33. The molecule has 0 heterocycles.